The molecular formula is C64H67BN2O. The average Bonchev–Trinajstić information content (AvgIpc) is 3.68. The van der Waals surface area contributed by atoms with Gasteiger partial charge in [-0.25, -0.2) is 0 Å². The van der Waals surface area contributed by atoms with E-state index in [1.54, 1.807) is 0 Å². The molecule has 0 radical (unpaired) electrons. The molecule has 4 heteroatoms. The molecule has 0 amide bonds. The Balaban J connectivity index is 1.26. The maximum absolute atomic E-state index is 7.62. The van der Waals surface area contributed by atoms with E-state index in [0.717, 1.165) is 35.5 Å². The van der Waals surface area contributed by atoms with Crippen molar-refractivity contribution in [3.05, 3.63) is 185 Å². The monoisotopic (exact) mass is 891 g/mol. The molecule has 0 saturated heterocycles. The molecule has 11 rings (SSSR count). The third-order valence-electron chi connectivity index (χ3n) is 16.2. The molecule has 0 saturated carbocycles. The molecule has 3 heterocycles. The van der Waals surface area contributed by atoms with Crippen LogP contribution in [-0.4, -0.2) is 6.71 Å². The van der Waals surface area contributed by atoms with E-state index in [1.807, 2.05) is 0 Å². The maximum Gasteiger partial charge on any atom is 0.297 e. The zero-order chi connectivity index (χ0) is 47.9. The minimum Gasteiger partial charge on any atom is -0.468 e. The summed E-state index contributed by atoms with van der Waals surface area (Å²) >= 11 is 0. The molecule has 8 aromatic rings. The summed E-state index contributed by atoms with van der Waals surface area (Å²) in [6.45, 7) is 30.4. The highest BCUT2D eigenvalue weighted by Gasteiger charge is 2.48. The van der Waals surface area contributed by atoms with E-state index >= 15 is 0 Å². The summed E-state index contributed by atoms with van der Waals surface area (Å²) in [5, 5.41) is 1.19. The number of benzene rings is 7. The van der Waals surface area contributed by atoms with Crippen molar-refractivity contribution >= 4 is 68.4 Å². The van der Waals surface area contributed by atoms with Crippen molar-refractivity contribution in [3.63, 3.8) is 0 Å². The zero-order valence-electron chi connectivity index (χ0n) is 42.7. The summed E-state index contributed by atoms with van der Waals surface area (Å²) in [7, 11) is 0. The van der Waals surface area contributed by atoms with E-state index < -0.39 is 0 Å². The van der Waals surface area contributed by atoms with Gasteiger partial charge in [0.2, 0.25) is 0 Å². The Hall–Kier alpha value is -6.26. The van der Waals surface area contributed by atoms with E-state index in [2.05, 4.69) is 245 Å². The van der Waals surface area contributed by atoms with Crippen LogP contribution in [0.15, 0.2) is 150 Å². The second kappa shape index (κ2) is 15.1. The van der Waals surface area contributed by atoms with Gasteiger partial charge < -0.3 is 14.2 Å². The number of nitrogens with zero attached hydrogens (tertiary/aromatic N) is 2. The topological polar surface area (TPSA) is 19.6 Å². The van der Waals surface area contributed by atoms with E-state index in [-0.39, 0.29) is 33.8 Å². The predicted molar refractivity (Wildman–Crippen MR) is 292 cm³/mol. The number of rotatable bonds is 5. The van der Waals surface area contributed by atoms with E-state index in [0.29, 0.717) is 0 Å². The van der Waals surface area contributed by atoms with Gasteiger partial charge in [0.15, 0.2) is 0 Å². The van der Waals surface area contributed by atoms with Gasteiger partial charge >= 0.3 is 0 Å². The number of aryl methyl sites for hydroxylation is 1. The molecule has 0 bridgehead atoms. The molecular weight excluding hydrogens is 824 g/mol. The van der Waals surface area contributed by atoms with E-state index in [4.69, 9.17) is 4.42 Å². The molecule has 0 N–H and O–H groups in total. The average molecular weight is 891 g/mol. The Morgan fingerprint density at radius 3 is 1.71 bits per heavy atom. The molecule has 0 fully saturated rings. The van der Waals surface area contributed by atoms with Gasteiger partial charge in [-0.2, -0.15) is 0 Å². The van der Waals surface area contributed by atoms with Gasteiger partial charge in [-0.3, -0.25) is 0 Å². The van der Waals surface area contributed by atoms with Crippen molar-refractivity contribution in [2.24, 2.45) is 0 Å². The summed E-state index contributed by atoms with van der Waals surface area (Å²) in [6, 6.07) is 55.7. The van der Waals surface area contributed by atoms with Crippen LogP contribution in [0.1, 0.15) is 135 Å². The van der Waals surface area contributed by atoms with Gasteiger partial charge in [0.05, 0.1) is 17.0 Å². The molecule has 2 aliphatic heterocycles. The SMILES string of the molecule is Cc1cc2c3c(c1)N(c1ccc(C(C)(C)C)cc1)c1c(oc4cc5c(cc14)C(C)(C)CCC5(C)C)B3c1cc(C(C)(C)c3ccccc3)ccc1N2c1ccc(C(C)(C)C)cc1-c1ccccc1. The Morgan fingerprint density at radius 1 is 0.515 bits per heavy atom. The molecule has 3 aliphatic rings. The molecule has 7 aromatic carbocycles. The van der Waals surface area contributed by atoms with Gasteiger partial charge in [-0.15, -0.1) is 0 Å². The van der Waals surface area contributed by atoms with Crippen molar-refractivity contribution in [1.29, 1.82) is 0 Å². The lowest BCUT2D eigenvalue weighted by molar-refractivity contribution is 0.332. The van der Waals surface area contributed by atoms with Crippen molar-refractivity contribution in [3.8, 4) is 11.1 Å². The minimum atomic E-state index is -0.260. The third-order valence-corrected chi connectivity index (χ3v) is 16.2. The van der Waals surface area contributed by atoms with Crippen LogP contribution in [0.5, 0.6) is 0 Å². The minimum absolute atomic E-state index is 0.0212. The van der Waals surface area contributed by atoms with Crippen LogP contribution in [0, 0.1) is 6.92 Å². The maximum atomic E-state index is 7.62. The quantitative estimate of drug-likeness (QED) is 0.161. The molecule has 342 valence electrons. The zero-order valence-corrected chi connectivity index (χ0v) is 42.7. The largest absolute Gasteiger partial charge is 0.468 e. The third kappa shape index (κ3) is 6.91. The summed E-state index contributed by atoms with van der Waals surface area (Å²) < 4.78 is 7.62. The Bertz CT molecular complexity index is 3280. The van der Waals surface area contributed by atoms with Crippen LogP contribution < -0.4 is 26.4 Å². The van der Waals surface area contributed by atoms with Crippen LogP contribution in [0.2, 0.25) is 0 Å². The van der Waals surface area contributed by atoms with Crippen molar-refractivity contribution < 1.29 is 4.42 Å². The van der Waals surface area contributed by atoms with Crippen molar-refractivity contribution in [1.82, 2.24) is 0 Å². The fraction of sp³-hybridized carbons (Fsp3) is 0.312. The number of fused-ring (bicyclic) bond motifs is 7. The first kappa shape index (κ1) is 44.3. The highest BCUT2D eigenvalue weighted by Crippen LogP contribution is 2.53. The standard InChI is InChI=1S/C64H67BN2O/c1-40-34-54-57-55(35-40)67(52-30-26-44(61(5,6)7)36-47(52)41-20-16-14-17-21-41)53-31-27-45(64(12,13)43-22-18-15-19-23-43)37-51(53)65(57)59-58(66(54)46-28-24-42(25-29-46)60(2,3)4)48-38-49-50(39-56(48)68-59)63(10,11)33-32-62(49,8)9/h14-31,34-39H,32-33H2,1-13H3. The Labute approximate surface area is 406 Å². The van der Waals surface area contributed by atoms with E-state index in [1.165, 1.54) is 89.1 Å². The second-order valence-electron chi connectivity index (χ2n) is 24.2. The molecule has 0 atom stereocenters. The number of hydrogen-bond donors (Lipinski definition) is 0. The first-order chi connectivity index (χ1) is 32.1. The summed E-state index contributed by atoms with van der Waals surface area (Å²) in [5.41, 5.74) is 23.1. The molecule has 68 heavy (non-hydrogen) atoms. The number of furan rings is 1. The molecule has 0 unspecified atom stereocenters. The number of hydrogen-bond acceptors (Lipinski definition) is 3. The summed E-state index contributed by atoms with van der Waals surface area (Å²) in [4.78, 5) is 5.15. The molecule has 0 spiro atoms. The summed E-state index contributed by atoms with van der Waals surface area (Å²) in [6.07, 6.45) is 2.29. The Morgan fingerprint density at radius 2 is 1.07 bits per heavy atom. The van der Waals surface area contributed by atoms with E-state index in [9.17, 15) is 0 Å². The predicted octanol–water partition coefficient (Wildman–Crippen LogP) is 15.8. The molecule has 1 aliphatic carbocycles. The van der Waals surface area contributed by atoms with Crippen LogP contribution >= 0.6 is 0 Å². The highest BCUT2D eigenvalue weighted by atomic mass is 16.3. The lowest BCUT2D eigenvalue weighted by Gasteiger charge is -2.44. The van der Waals surface area contributed by atoms with Crippen LogP contribution in [0.25, 0.3) is 22.1 Å². The van der Waals surface area contributed by atoms with Crippen molar-refractivity contribution in [2.75, 3.05) is 9.80 Å². The fourth-order valence-electron chi connectivity index (χ4n) is 11.8. The highest BCUT2D eigenvalue weighted by molar-refractivity contribution is 7.00. The van der Waals surface area contributed by atoms with Crippen LogP contribution in [-0.2, 0) is 27.1 Å². The summed E-state index contributed by atoms with van der Waals surface area (Å²) in [5.74, 6) is 0. The van der Waals surface area contributed by atoms with Crippen LogP contribution in [0.4, 0.5) is 34.1 Å². The molecule has 3 nitrogen and oxygen atoms in total. The first-order valence-corrected chi connectivity index (χ1v) is 25.0. The van der Waals surface area contributed by atoms with Gasteiger partial charge in [0.1, 0.15) is 5.58 Å². The number of anilines is 6. The van der Waals surface area contributed by atoms with Crippen molar-refractivity contribution in [2.45, 2.75) is 130 Å². The smallest absolute Gasteiger partial charge is 0.297 e. The van der Waals surface area contributed by atoms with Gasteiger partial charge in [-0.1, -0.05) is 174 Å². The van der Waals surface area contributed by atoms with Gasteiger partial charge in [0, 0.05) is 39.1 Å². The fourth-order valence-corrected chi connectivity index (χ4v) is 11.8. The molecule has 1 aromatic heterocycles. The van der Waals surface area contributed by atoms with Gasteiger partial charge in [0.25, 0.3) is 6.71 Å². The Kier molecular flexibility index (Phi) is 9.84. The van der Waals surface area contributed by atoms with Gasteiger partial charge in [-0.05, 0) is 151 Å². The lowest BCUT2D eigenvalue weighted by Crippen LogP contribution is -2.61. The lowest BCUT2D eigenvalue weighted by atomic mass is 9.35. The first-order valence-electron chi connectivity index (χ1n) is 25.0. The van der Waals surface area contributed by atoms with Crippen LogP contribution in [0.3, 0.4) is 0 Å². The second-order valence-corrected chi connectivity index (χ2v) is 24.2. The normalized spacial score (nSPS) is 16.0.